The van der Waals surface area contributed by atoms with Crippen molar-refractivity contribution in [3.05, 3.63) is 94.0 Å². The maximum atomic E-state index is 13.1. The molecule has 0 fully saturated rings. The highest BCUT2D eigenvalue weighted by atomic mass is 35.5. The third-order valence-corrected chi connectivity index (χ3v) is 5.37. The Labute approximate surface area is 175 Å². The Bertz CT molecular complexity index is 1030. The molecule has 0 spiro atoms. The molecule has 0 saturated carbocycles. The quantitative estimate of drug-likeness (QED) is 0.588. The van der Waals surface area contributed by atoms with Crippen LogP contribution in [0.15, 0.2) is 66.7 Å². The number of benzene rings is 3. The van der Waals surface area contributed by atoms with E-state index in [1.54, 1.807) is 19.2 Å². The average Bonchev–Trinajstić information content (AvgIpc) is 2.76. The molecule has 1 aliphatic rings. The van der Waals surface area contributed by atoms with E-state index < -0.39 is 0 Å². The van der Waals surface area contributed by atoms with Crippen LogP contribution in [0.4, 0.5) is 0 Å². The summed E-state index contributed by atoms with van der Waals surface area (Å²) < 4.78 is 11.3. The first-order valence-corrected chi connectivity index (χ1v) is 9.93. The van der Waals surface area contributed by atoms with Crippen molar-refractivity contribution in [3.63, 3.8) is 0 Å². The van der Waals surface area contributed by atoms with Crippen LogP contribution in [0.2, 0.25) is 5.02 Å². The second-order valence-corrected chi connectivity index (χ2v) is 7.45. The molecule has 1 amide bonds. The smallest absolute Gasteiger partial charge is 0.254 e. The molecule has 0 N–H and O–H groups in total. The van der Waals surface area contributed by atoms with E-state index in [9.17, 15) is 4.79 Å². The summed E-state index contributed by atoms with van der Waals surface area (Å²) in [5.74, 6) is 1.38. The highest BCUT2D eigenvalue weighted by Crippen LogP contribution is 2.26. The van der Waals surface area contributed by atoms with Crippen LogP contribution in [0.25, 0.3) is 0 Å². The molecule has 5 heteroatoms. The van der Waals surface area contributed by atoms with Gasteiger partial charge in [-0.1, -0.05) is 41.9 Å². The van der Waals surface area contributed by atoms with Crippen molar-refractivity contribution in [2.24, 2.45) is 0 Å². The van der Waals surface area contributed by atoms with E-state index in [1.807, 2.05) is 47.4 Å². The number of amides is 1. The molecule has 0 unspecified atom stereocenters. The molecular formula is C24H22ClNO3. The summed E-state index contributed by atoms with van der Waals surface area (Å²) in [5.41, 5.74) is 3.98. The number of fused-ring (bicyclic) bond motifs is 1. The van der Waals surface area contributed by atoms with Crippen LogP contribution in [-0.2, 0) is 19.6 Å². The van der Waals surface area contributed by atoms with Crippen molar-refractivity contribution in [1.82, 2.24) is 4.90 Å². The molecule has 0 bridgehead atoms. The summed E-state index contributed by atoms with van der Waals surface area (Å²) in [6, 6.07) is 21.0. The van der Waals surface area contributed by atoms with E-state index in [1.165, 1.54) is 11.1 Å². The normalized spacial score (nSPS) is 13.0. The minimum absolute atomic E-state index is 0.0196. The highest BCUT2D eigenvalue weighted by Gasteiger charge is 2.22. The molecule has 4 nitrogen and oxygen atoms in total. The molecule has 0 radical (unpaired) electrons. The van der Waals surface area contributed by atoms with E-state index in [2.05, 4.69) is 12.1 Å². The molecular weight excluding hydrogens is 386 g/mol. The SMILES string of the molecule is COc1ccc(C(=O)N2CCc3ccccc3C2)cc1COc1cccc(Cl)c1. The van der Waals surface area contributed by atoms with Crippen LogP contribution in [0.5, 0.6) is 11.5 Å². The number of rotatable bonds is 5. The largest absolute Gasteiger partial charge is 0.496 e. The Morgan fingerprint density at radius 1 is 1.03 bits per heavy atom. The lowest BCUT2D eigenvalue weighted by Gasteiger charge is -2.29. The molecule has 148 valence electrons. The number of carbonyl (C=O) groups excluding carboxylic acids is 1. The third kappa shape index (κ3) is 4.38. The van der Waals surface area contributed by atoms with Gasteiger partial charge < -0.3 is 14.4 Å². The first kappa shape index (κ1) is 19.3. The first-order valence-electron chi connectivity index (χ1n) is 9.55. The lowest BCUT2D eigenvalue weighted by molar-refractivity contribution is 0.0734. The van der Waals surface area contributed by atoms with Gasteiger partial charge in [-0.15, -0.1) is 0 Å². The molecule has 3 aromatic carbocycles. The van der Waals surface area contributed by atoms with Crippen LogP contribution in [0.3, 0.4) is 0 Å². The molecule has 4 rings (SSSR count). The summed E-state index contributed by atoms with van der Waals surface area (Å²) in [5, 5.41) is 0.615. The molecule has 1 aliphatic heterocycles. The van der Waals surface area contributed by atoms with Crippen LogP contribution in [0.1, 0.15) is 27.0 Å². The molecule has 0 aromatic heterocycles. The van der Waals surface area contributed by atoms with E-state index >= 15 is 0 Å². The van der Waals surface area contributed by atoms with E-state index in [0.717, 1.165) is 18.5 Å². The fourth-order valence-corrected chi connectivity index (χ4v) is 3.77. The number of halogens is 1. The molecule has 0 atom stereocenters. The van der Waals surface area contributed by atoms with Gasteiger partial charge in [-0.25, -0.2) is 0 Å². The Kier molecular flexibility index (Phi) is 5.72. The summed E-state index contributed by atoms with van der Waals surface area (Å²) in [6.07, 6.45) is 0.878. The van der Waals surface area contributed by atoms with Crippen LogP contribution >= 0.6 is 11.6 Å². The lowest BCUT2D eigenvalue weighted by Crippen LogP contribution is -2.36. The van der Waals surface area contributed by atoms with E-state index in [-0.39, 0.29) is 12.5 Å². The number of hydrogen-bond donors (Lipinski definition) is 0. The zero-order valence-corrected chi connectivity index (χ0v) is 17.0. The molecule has 0 aliphatic carbocycles. The van der Waals surface area contributed by atoms with Gasteiger partial charge in [-0.2, -0.15) is 0 Å². The first-order chi connectivity index (χ1) is 14.1. The van der Waals surface area contributed by atoms with Crippen molar-refractivity contribution < 1.29 is 14.3 Å². The minimum Gasteiger partial charge on any atom is -0.496 e. The number of hydrogen-bond acceptors (Lipinski definition) is 3. The standard InChI is InChI=1S/C24H22ClNO3/c1-28-23-10-9-18(13-20(23)16-29-22-8-4-7-21(25)14-22)24(27)26-12-11-17-5-2-3-6-19(17)15-26/h2-10,13-14H,11-12,15-16H2,1H3. The van der Waals surface area contributed by atoms with Crippen molar-refractivity contribution in [1.29, 1.82) is 0 Å². The Balaban J connectivity index is 1.52. The van der Waals surface area contributed by atoms with Gasteiger partial charge in [-0.3, -0.25) is 4.79 Å². The average molecular weight is 408 g/mol. The molecule has 0 saturated heterocycles. The number of methoxy groups -OCH3 is 1. The second kappa shape index (κ2) is 8.58. The van der Waals surface area contributed by atoms with Gasteiger partial charge in [0.25, 0.3) is 5.91 Å². The van der Waals surface area contributed by atoms with Crippen molar-refractivity contribution >= 4 is 17.5 Å². The Morgan fingerprint density at radius 2 is 1.86 bits per heavy atom. The topological polar surface area (TPSA) is 38.8 Å². The van der Waals surface area contributed by atoms with Crippen LogP contribution < -0.4 is 9.47 Å². The zero-order valence-electron chi connectivity index (χ0n) is 16.2. The summed E-state index contributed by atoms with van der Waals surface area (Å²) in [7, 11) is 1.61. The fourth-order valence-electron chi connectivity index (χ4n) is 3.59. The molecule has 29 heavy (non-hydrogen) atoms. The van der Waals surface area contributed by atoms with Crippen molar-refractivity contribution in [2.75, 3.05) is 13.7 Å². The zero-order chi connectivity index (χ0) is 20.2. The summed E-state index contributed by atoms with van der Waals surface area (Å²) >= 11 is 6.02. The van der Waals surface area contributed by atoms with E-state index in [4.69, 9.17) is 21.1 Å². The van der Waals surface area contributed by atoms with Gasteiger partial charge in [0.1, 0.15) is 18.1 Å². The number of nitrogens with zero attached hydrogens (tertiary/aromatic N) is 1. The van der Waals surface area contributed by atoms with Gasteiger partial charge in [-0.05, 0) is 53.9 Å². The molecule has 1 heterocycles. The van der Waals surface area contributed by atoms with Gasteiger partial charge in [0, 0.05) is 29.2 Å². The van der Waals surface area contributed by atoms with Crippen molar-refractivity contribution in [3.8, 4) is 11.5 Å². The Hall–Kier alpha value is -2.98. The molecule has 3 aromatic rings. The summed E-state index contributed by atoms with van der Waals surface area (Å²) in [4.78, 5) is 15.0. The minimum atomic E-state index is 0.0196. The van der Waals surface area contributed by atoms with Crippen molar-refractivity contribution in [2.45, 2.75) is 19.6 Å². The summed E-state index contributed by atoms with van der Waals surface area (Å²) in [6.45, 7) is 1.64. The predicted molar refractivity (Wildman–Crippen MR) is 114 cm³/mol. The van der Waals surface area contributed by atoms with Gasteiger partial charge in [0.2, 0.25) is 0 Å². The predicted octanol–water partition coefficient (Wildman–Crippen LogP) is 5.13. The van der Waals surface area contributed by atoms with Gasteiger partial charge in [0.05, 0.1) is 7.11 Å². The number of carbonyl (C=O) groups is 1. The van der Waals surface area contributed by atoms with Gasteiger partial charge in [0.15, 0.2) is 0 Å². The van der Waals surface area contributed by atoms with Crippen LogP contribution in [0, 0.1) is 0 Å². The monoisotopic (exact) mass is 407 g/mol. The van der Waals surface area contributed by atoms with Crippen LogP contribution in [-0.4, -0.2) is 24.5 Å². The van der Waals surface area contributed by atoms with Gasteiger partial charge >= 0.3 is 0 Å². The van der Waals surface area contributed by atoms with E-state index in [0.29, 0.717) is 28.6 Å². The lowest BCUT2D eigenvalue weighted by atomic mass is 9.99. The fraction of sp³-hybridized carbons (Fsp3) is 0.208. The third-order valence-electron chi connectivity index (χ3n) is 5.14. The number of ether oxygens (including phenoxy) is 2. The maximum Gasteiger partial charge on any atom is 0.254 e. The highest BCUT2D eigenvalue weighted by molar-refractivity contribution is 6.30. The second-order valence-electron chi connectivity index (χ2n) is 7.02. The Morgan fingerprint density at radius 3 is 2.66 bits per heavy atom. The maximum absolute atomic E-state index is 13.1.